The molecule has 0 aliphatic carbocycles. The second-order valence-electron chi connectivity index (χ2n) is 7.93. The Hall–Kier alpha value is -3.81. The van der Waals surface area contributed by atoms with Crippen LogP contribution in [0.1, 0.15) is 18.9 Å². The van der Waals surface area contributed by atoms with Gasteiger partial charge in [0.15, 0.2) is 21.3 Å². The summed E-state index contributed by atoms with van der Waals surface area (Å²) in [6.07, 6.45) is 1.25. The third-order valence-corrected chi connectivity index (χ3v) is 7.77. The predicted octanol–water partition coefficient (Wildman–Crippen LogP) is 2.72. The first-order valence-electron chi connectivity index (χ1n) is 10.8. The number of nitrogens with zero attached hydrogens (tertiary/aromatic N) is 4. The summed E-state index contributed by atoms with van der Waals surface area (Å²) >= 11 is 0. The van der Waals surface area contributed by atoms with Crippen molar-refractivity contribution in [2.24, 2.45) is 5.73 Å². The Kier molecular flexibility index (Phi) is 7.06. The minimum absolute atomic E-state index is 0.0149. The smallest absolute Gasteiger partial charge is 0.270 e. The number of aliphatic hydroxyl groups excluding tert-OH is 1. The summed E-state index contributed by atoms with van der Waals surface area (Å²) in [5.41, 5.74) is 12.5. The number of benzene rings is 2. The fourth-order valence-electron chi connectivity index (χ4n) is 3.43. The molecule has 0 aliphatic heterocycles. The van der Waals surface area contributed by atoms with Gasteiger partial charge in [0.25, 0.3) is 11.8 Å². The van der Waals surface area contributed by atoms with Crippen molar-refractivity contribution in [3.63, 3.8) is 0 Å². The lowest BCUT2D eigenvalue weighted by Gasteiger charge is -2.13. The molecule has 4 rings (SSSR count). The highest BCUT2D eigenvalue weighted by atomic mass is 32.2. The van der Waals surface area contributed by atoms with Gasteiger partial charge in [0.2, 0.25) is 0 Å². The average Bonchev–Trinajstić information content (AvgIpc) is 3.33. The van der Waals surface area contributed by atoms with E-state index in [0.29, 0.717) is 5.56 Å². The Morgan fingerprint density at radius 1 is 1.08 bits per heavy atom. The average molecular weight is 517 g/mol. The summed E-state index contributed by atoms with van der Waals surface area (Å²) in [6, 6.07) is 7.86. The number of nitrogens with two attached hydrogens (primary N) is 2. The van der Waals surface area contributed by atoms with E-state index in [1.807, 2.05) is 0 Å². The molecule has 2 aromatic carbocycles. The van der Waals surface area contributed by atoms with Gasteiger partial charge in [0, 0.05) is 18.7 Å². The van der Waals surface area contributed by atoms with Crippen molar-refractivity contribution in [2.75, 3.05) is 12.3 Å². The zero-order valence-corrected chi connectivity index (χ0v) is 19.8. The second-order valence-corrected chi connectivity index (χ2v) is 10.3. The summed E-state index contributed by atoms with van der Waals surface area (Å²) < 4.78 is 60.0. The van der Waals surface area contributed by atoms with Gasteiger partial charge in [-0.1, -0.05) is 12.1 Å². The van der Waals surface area contributed by atoms with Crippen LogP contribution in [0.4, 0.5) is 14.6 Å². The van der Waals surface area contributed by atoms with Crippen molar-refractivity contribution in [2.45, 2.75) is 30.0 Å². The number of rotatable bonds is 8. The van der Waals surface area contributed by atoms with Gasteiger partial charge in [0.05, 0.1) is 22.7 Å². The quantitative estimate of drug-likeness (QED) is 0.316. The third-order valence-electron chi connectivity index (χ3n) is 5.53. The molecule has 4 aromatic rings. The molecule has 0 radical (unpaired) electrons. The lowest BCUT2D eigenvalue weighted by atomic mass is 10.1. The van der Waals surface area contributed by atoms with Gasteiger partial charge >= 0.3 is 0 Å². The van der Waals surface area contributed by atoms with Crippen LogP contribution in [0.25, 0.3) is 34.3 Å². The van der Waals surface area contributed by atoms with Crippen LogP contribution < -0.4 is 11.5 Å². The highest BCUT2D eigenvalue weighted by Crippen LogP contribution is 2.31. The molecule has 0 amide bonds. The molecule has 10 nitrogen and oxygen atoms in total. The number of hydrogen-bond acceptors (Lipinski definition) is 10. The molecule has 36 heavy (non-hydrogen) atoms. The second kappa shape index (κ2) is 10.0. The Morgan fingerprint density at radius 3 is 2.50 bits per heavy atom. The van der Waals surface area contributed by atoms with Crippen molar-refractivity contribution >= 4 is 15.7 Å². The van der Waals surface area contributed by atoms with Crippen LogP contribution in [0.2, 0.25) is 0 Å². The first-order chi connectivity index (χ1) is 17.1. The summed E-state index contributed by atoms with van der Waals surface area (Å²) in [5, 5.41) is 15.8. The van der Waals surface area contributed by atoms with E-state index in [0.717, 1.165) is 12.1 Å². The molecule has 0 saturated heterocycles. The van der Waals surface area contributed by atoms with Crippen molar-refractivity contribution in [1.82, 2.24) is 20.2 Å². The molecule has 0 bridgehead atoms. The standard InChI is InChI=1S/C23H22F2N6O4S/c1-12(6-7-32)36(33,34)19-5-3-14(9-17(19)25)18-11-28-21(27)20(29-18)23-31-30-22(35-23)15-4-2-13(10-26)8-16(15)24/h2-5,8-9,11-12,32H,6-7,10,26H2,1H3,(H2,27,28). The fraction of sp³-hybridized carbons (Fsp3) is 0.217. The number of aliphatic hydroxyl groups is 1. The summed E-state index contributed by atoms with van der Waals surface area (Å²) in [5.74, 6) is -1.90. The fourth-order valence-corrected chi connectivity index (χ4v) is 4.86. The summed E-state index contributed by atoms with van der Waals surface area (Å²) in [4.78, 5) is 7.88. The van der Waals surface area contributed by atoms with Gasteiger partial charge in [-0.05, 0) is 43.2 Å². The minimum Gasteiger partial charge on any atom is -0.414 e. The summed E-state index contributed by atoms with van der Waals surface area (Å²) in [6.45, 7) is 1.22. The first kappa shape index (κ1) is 25.3. The van der Waals surface area contributed by atoms with E-state index in [9.17, 15) is 17.2 Å². The maximum Gasteiger partial charge on any atom is 0.270 e. The highest BCUT2D eigenvalue weighted by Gasteiger charge is 2.27. The van der Waals surface area contributed by atoms with Gasteiger partial charge in [-0.3, -0.25) is 0 Å². The van der Waals surface area contributed by atoms with Crippen molar-refractivity contribution in [3.8, 4) is 34.3 Å². The van der Waals surface area contributed by atoms with Crippen molar-refractivity contribution in [1.29, 1.82) is 0 Å². The van der Waals surface area contributed by atoms with Gasteiger partial charge in [-0.15, -0.1) is 10.2 Å². The van der Waals surface area contributed by atoms with Crippen LogP contribution in [-0.2, 0) is 16.4 Å². The zero-order valence-electron chi connectivity index (χ0n) is 19.0. The molecular formula is C23H22F2N6O4S. The topological polar surface area (TPSA) is 171 Å². The van der Waals surface area contributed by atoms with Crippen LogP contribution in [-0.4, -0.2) is 45.5 Å². The van der Waals surface area contributed by atoms with E-state index in [1.165, 1.54) is 31.3 Å². The Bertz CT molecular complexity index is 1530. The van der Waals surface area contributed by atoms with Gasteiger partial charge < -0.3 is 21.0 Å². The van der Waals surface area contributed by atoms with Gasteiger partial charge in [0.1, 0.15) is 16.5 Å². The first-order valence-corrected chi connectivity index (χ1v) is 12.3. The van der Waals surface area contributed by atoms with Crippen molar-refractivity contribution < 1.29 is 26.7 Å². The zero-order chi connectivity index (χ0) is 26.0. The lowest BCUT2D eigenvalue weighted by Crippen LogP contribution is -2.20. The largest absolute Gasteiger partial charge is 0.414 e. The normalized spacial score (nSPS) is 12.6. The van der Waals surface area contributed by atoms with E-state index < -0.39 is 31.6 Å². The SMILES string of the molecule is CC(CCO)S(=O)(=O)c1ccc(-c2cnc(N)c(-c3nnc(-c4ccc(CN)cc4F)o3)n2)cc1F. The van der Waals surface area contributed by atoms with E-state index in [1.54, 1.807) is 6.07 Å². The van der Waals surface area contributed by atoms with Crippen LogP contribution >= 0.6 is 0 Å². The molecule has 2 aromatic heterocycles. The highest BCUT2D eigenvalue weighted by molar-refractivity contribution is 7.92. The monoisotopic (exact) mass is 516 g/mol. The Balaban J connectivity index is 1.68. The molecule has 188 valence electrons. The predicted molar refractivity (Wildman–Crippen MR) is 127 cm³/mol. The number of nitrogen functional groups attached to an aromatic ring is 1. The lowest BCUT2D eigenvalue weighted by molar-refractivity contribution is 0.287. The molecule has 1 unspecified atom stereocenters. The maximum absolute atomic E-state index is 14.8. The number of sulfone groups is 1. The number of aromatic nitrogens is 4. The minimum atomic E-state index is -3.98. The molecule has 0 fully saturated rings. The van der Waals surface area contributed by atoms with E-state index in [2.05, 4.69) is 20.2 Å². The maximum atomic E-state index is 14.8. The van der Waals surface area contributed by atoms with Crippen LogP contribution in [0, 0.1) is 11.6 Å². The van der Waals surface area contributed by atoms with Gasteiger partial charge in [-0.25, -0.2) is 27.2 Å². The van der Waals surface area contributed by atoms with Crippen LogP contribution in [0.15, 0.2) is 51.9 Å². The molecule has 0 saturated carbocycles. The number of hydrogen-bond donors (Lipinski definition) is 3. The Morgan fingerprint density at radius 2 is 1.83 bits per heavy atom. The molecule has 2 heterocycles. The Labute approximate surface area is 204 Å². The van der Waals surface area contributed by atoms with Crippen molar-refractivity contribution in [3.05, 3.63) is 59.8 Å². The molecule has 0 aliphatic rings. The molecule has 5 N–H and O–H groups in total. The van der Waals surface area contributed by atoms with E-state index in [4.69, 9.17) is 21.0 Å². The summed E-state index contributed by atoms with van der Waals surface area (Å²) in [7, 11) is -3.98. The van der Waals surface area contributed by atoms with Gasteiger partial charge in [-0.2, -0.15) is 0 Å². The van der Waals surface area contributed by atoms with E-state index >= 15 is 0 Å². The molecular weight excluding hydrogens is 494 g/mol. The number of anilines is 1. The molecule has 13 heteroatoms. The third kappa shape index (κ3) is 4.80. The van der Waals surface area contributed by atoms with Crippen LogP contribution in [0.3, 0.4) is 0 Å². The van der Waals surface area contributed by atoms with E-state index in [-0.39, 0.29) is 59.7 Å². The molecule has 1 atom stereocenters. The number of halogens is 2. The molecule has 0 spiro atoms. The van der Waals surface area contributed by atoms with Crippen LogP contribution in [0.5, 0.6) is 0 Å².